The van der Waals surface area contributed by atoms with Gasteiger partial charge in [0, 0.05) is 4.70 Å². The quantitative estimate of drug-likeness (QED) is 0.744. The zero-order valence-corrected chi connectivity index (χ0v) is 12.8. The van der Waals surface area contributed by atoms with E-state index >= 15 is 0 Å². The summed E-state index contributed by atoms with van der Waals surface area (Å²) in [5.41, 5.74) is 5.48. The number of carbonyl (C=O) groups excluding carboxylic acids is 1. The lowest BCUT2D eigenvalue weighted by atomic mass is 10.3. The van der Waals surface area contributed by atoms with Crippen LogP contribution in [0.3, 0.4) is 0 Å². The molecule has 3 aromatic rings. The molecule has 0 saturated carbocycles. The number of nitrogens with zero attached hydrogens (tertiary/aromatic N) is 2. The van der Waals surface area contributed by atoms with Crippen LogP contribution < -0.4 is 10.6 Å². The van der Waals surface area contributed by atoms with E-state index in [4.69, 9.17) is 5.73 Å². The second-order valence-electron chi connectivity index (χ2n) is 3.74. The fourth-order valence-electron chi connectivity index (χ4n) is 1.72. The number of rotatable bonds is 2. The molecular formula is C12H8BrN3OS2. The molecule has 2 heterocycles. The third-order valence-electron chi connectivity index (χ3n) is 2.51. The maximum atomic E-state index is 11.7. The molecular weight excluding hydrogens is 346 g/mol. The van der Waals surface area contributed by atoms with E-state index in [-0.39, 0.29) is 0 Å². The van der Waals surface area contributed by atoms with Gasteiger partial charge in [0.2, 0.25) is 0 Å². The Bertz CT molecular complexity index is 719. The number of thiazole rings is 1. The average Bonchev–Trinajstić information content (AvgIpc) is 2.95. The van der Waals surface area contributed by atoms with Crippen LogP contribution in [-0.2, 0) is 0 Å². The molecule has 1 aromatic carbocycles. The van der Waals surface area contributed by atoms with Gasteiger partial charge in [-0.3, -0.25) is 0 Å². The molecule has 2 amide bonds. The van der Waals surface area contributed by atoms with Crippen LogP contribution in [0.2, 0.25) is 0 Å². The van der Waals surface area contributed by atoms with Crippen molar-refractivity contribution in [2.45, 2.75) is 0 Å². The Morgan fingerprint density at radius 1 is 1.32 bits per heavy atom. The number of hydrogen-bond donors (Lipinski definition) is 1. The van der Waals surface area contributed by atoms with Gasteiger partial charge in [0.25, 0.3) is 0 Å². The molecule has 2 N–H and O–H groups in total. The highest BCUT2D eigenvalue weighted by Gasteiger charge is 2.20. The molecule has 0 fully saturated rings. The summed E-state index contributed by atoms with van der Waals surface area (Å²) in [5.74, 6) is 0. The van der Waals surface area contributed by atoms with E-state index in [9.17, 15) is 4.79 Å². The monoisotopic (exact) mass is 353 g/mol. The Morgan fingerprint density at radius 3 is 2.74 bits per heavy atom. The van der Waals surface area contributed by atoms with E-state index < -0.39 is 6.03 Å². The van der Waals surface area contributed by atoms with Crippen molar-refractivity contribution in [3.8, 4) is 0 Å². The molecule has 96 valence electrons. The summed E-state index contributed by atoms with van der Waals surface area (Å²) in [4.78, 5) is 17.3. The van der Waals surface area contributed by atoms with E-state index in [1.54, 1.807) is 6.20 Å². The number of fused-ring (bicyclic) bond motifs is 1. The van der Waals surface area contributed by atoms with E-state index in [2.05, 4.69) is 20.9 Å². The van der Waals surface area contributed by atoms with E-state index in [1.165, 1.54) is 27.6 Å². The van der Waals surface area contributed by atoms with E-state index in [0.717, 1.165) is 18.9 Å². The molecule has 0 unspecified atom stereocenters. The summed E-state index contributed by atoms with van der Waals surface area (Å²) in [6.45, 7) is 0. The summed E-state index contributed by atoms with van der Waals surface area (Å²) >= 11 is 6.22. The van der Waals surface area contributed by atoms with Crippen molar-refractivity contribution in [1.82, 2.24) is 4.98 Å². The molecule has 0 atom stereocenters. The molecule has 0 radical (unpaired) electrons. The van der Waals surface area contributed by atoms with Gasteiger partial charge in [-0.15, -0.1) is 11.3 Å². The number of anilines is 2. The molecule has 0 aliphatic heterocycles. The minimum absolute atomic E-state index is 0.534. The number of urea groups is 1. The van der Waals surface area contributed by atoms with Gasteiger partial charge in [-0.1, -0.05) is 29.5 Å². The Hall–Kier alpha value is -1.44. The third kappa shape index (κ3) is 2.36. The minimum Gasteiger partial charge on any atom is -0.351 e. The first-order valence-electron chi connectivity index (χ1n) is 5.34. The van der Waals surface area contributed by atoms with E-state index in [1.807, 2.05) is 30.3 Å². The maximum absolute atomic E-state index is 11.7. The molecule has 3 rings (SSSR count). The summed E-state index contributed by atoms with van der Waals surface area (Å²) in [6, 6.07) is 9.37. The number of thiophene rings is 1. The standard InChI is InChI=1S/C12H8BrN3OS2/c13-9-6-15-12(19-9)16(11(14)17)10-5-7-3-1-2-4-8(7)18-10/h1-6H,(H2,14,17). The summed E-state index contributed by atoms with van der Waals surface area (Å²) in [5, 5.41) is 2.42. The summed E-state index contributed by atoms with van der Waals surface area (Å²) in [7, 11) is 0. The Morgan fingerprint density at radius 2 is 2.11 bits per heavy atom. The van der Waals surface area contributed by atoms with Gasteiger partial charge in [0.15, 0.2) is 5.13 Å². The topological polar surface area (TPSA) is 59.2 Å². The van der Waals surface area contributed by atoms with E-state index in [0.29, 0.717) is 5.13 Å². The molecule has 0 aliphatic carbocycles. The van der Waals surface area contributed by atoms with Crippen molar-refractivity contribution in [3.63, 3.8) is 0 Å². The minimum atomic E-state index is -0.534. The number of benzene rings is 1. The lowest BCUT2D eigenvalue weighted by Crippen LogP contribution is -2.30. The molecule has 7 heteroatoms. The van der Waals surface area contributed by atoms with Crippen LogP contribution in [0, 0.1) is 0 Å². The lowest BCUT2D eigenvalue weighted by molar-refractivity contribution is 0.256. The van der Waals surface area contributed by atoms with Crippen LogP contribution in [0.15, 0.2) is 40.3 Å². The number of aromatic nitrogens is 1. The van der Waals surface area contributed by atoms with Gasteiger partial charge in [-0.05, 0) is 33.4 Å². The summed E-state index contributed by atoms with van der Waals surface area (Å²) < 4.78 is 1.97. The second kappa shape index (κ2) is 4.92. The first kappa shape index (κ1) is 12.6. The van der Waals surface area contributed by atoms with Crippen molar-refractivity contribution >= 4 is 64.9 Å². The highest BCUT2D eigenvalue weighted by molar-refractivity contribution is 9.11. The largest absolute Gasteiger partial charge is 0.351 e. The zero-order valence-electron chi connectivity index (χ0n) is 9.54. The SMILES string of the molecule is NC(=O)N(c1cc2ccccc2s1)c1ncc(Br)s1. The van der Waals surface area contributed by atoms with Crippen molar-refractivity contribution < 1.29 is 4.79 Å². The van der Waals surface area contributed by atoms with Crippen LogP contribution in [-0.4, -0.2) is 11.0 Å². The number of hydrogen-bond acceptors (Lipinski definition) is 4. The Kier molecular flexibility index (Phi) is 3.26. The number of amides is 2. The Labute approximate surface area is 125 Å². The fourth-order valence-corrected chi connectivity index (χ4v) is 4.05. The van der Waals surface area contributed by atoms with Crippen LogP contribution in [0.5, 0.6) is 0 Å². The van der Waals surface area contributed by atoms with Gasteiger partial charge >= 0.3 is 6.03 Å². The molecule has 0 bridgehead atoms. The number of primary amides is 1. The predicted octanol–water partition coefficient (Wildman–Crippen LogP) is 4.34. The smallest absolute Gasteiger partial charge is 0.326 e. The van der Waals surface area contributed by atoms with Crippen molar-refractivity contribution in [2.75, 3.05) is 4.90 Å². The fraction of sp³-hybridized carbons (Fsp3) is 0. The molecule has 0 spiro atoms. The van der Waals surface area contributed by atoms with Crippen molar-refractivity contribution in [3.05, 3.63) is 40.3 Å². The molecule has 19 heavy (non-hydrogen) atoms. The molecule has 0 saturated heterocycles. The van der Waals surface area contributed by atoms with Crippen molar-refractivity contribution in [2.24, 2.45) is 5.73 Å². The van der Waals surface area contributed by atoms with Gasteiger partial charge in [0.1, 0.15) is 5.00 Å². The number of nitrogens with two attached hydrogens (primary N) is 1. The highest BCUT2D eigenvalue weighted by Crippen LogP contribution is 2.38. The first-order chi connectivity index (χ1) is 9.15. The average molecular weight is 354 g/mol. The normalized spacial score (nSPS) is 10.8. The highest BCUT2D eigenvalue weighted by atomic mass is 79.9. The lowest BCUT2D eigenvalue weighted by Gasteiger charge is -2.14. The van der Waals surface area contributed by atoms with Gasteiger partial charge in [0.05, 0.1) is 9.98 Å². The van der Waals surface area contributed by atoms with Gasteiger partial charge in [-0.2, -0.15) is 0 Å². The van der Waals surface area contributed by atoms with Crippen LogP contribution in [0.4, 0.5) is 14.9 Å². The third-order valence-corrected chi connectivity index (χ3v) is 5.07. The first-order valence-corrected chi connectivity index (χ1v) is 7.77. The zero-order chi connectivity index (χ0) is 13.4. The van der Waals surface area contributed by atoms with Gasteiger partial charge < -0.3 is 5.73 Å². The Balaban J connectivity index is 2.12. The summed E-state index contributed by atoms with van der Waals surface area (Å²) in [6.07, 6.45) is 1.66. The van der Waals surface area contributed by atoms with Crippen molar-refractivity contribution in [1.29, 1.82) is 0 Å². The molecule has 2 aromatic heterocycles. The number of halogens is 1. The van der Waals surface area contributed by atoms with Gasteiger partial charge in [-0.25, -0.2) is 14.7 Å². The van der Waals surface area contributed by atoms with Crippen LogP contribution >= 0.6 is 38.6 Å². The second-order valence-corrected chi connectivity index (χ2v) is 7.19. The van der Waals surface area contributed by atoms with Crippen LogP contribution in [0.1, 0.15) is 0 Å². The predicted molar refractivity (Wildman–Crippen MR) is 83.4 cm³/mol. The molecule has 4 nitrogen and oxygen atoms in total. The van der Waals surface area contributed by atoms with Crippen LogP contribution in [0.25, 0.3) is 10.1 Å². The number of carbonyl (C=O) groups is 1. The maximum Gasteiger partial charge on any atom is 0.326 e. The molecule has 0 aliphatic rings.